The second-order valence-electron chi connectivity index (χ2n) is 13.6. The smallest absolute Gasteiger partial charge is 0.162 e. The fraction of sp³-hybridized carbons (Fsp3) is 0.455. The minimum Gasteiger partial charge on any atom is -0.294 e. The van der Waals surface area contributed by atoms with E-state index in [1.807, 2.05) is 38.1 Å². The van der Waals surface area contributed by atoms with Gasteiger partial charge in [-0.25, -0.2) is 4.39 Å². The van der Waals surface area contributed by atoms with Crippen LogP contribution >= 0.6 is 0 Å². The number of nitrogens with zero attached hydrogens (tertiary/aromatic N) is 1. The van der Waals surface area contributed by atoms with E-state index in [1.54, 1.807) is 6.08 Å². The third kappa shape index (κ3) is 16.2. The SMILES string of the molecule is C=C/C(F)=C\c1cccc(CC/C(C)=C/C=C\C(=C)C(CCC)CCCC(C)C(C)=NC(/C=C\C(=C)C(=O)CC(C)C)=C(C)C)c1C. The second kappa shape index (κ2) is 22.1. The maximum atomic E-state index is 13.7. The lowest BCUT2D eigenvalue weighted by atomic mass is 9.88. The number of rotatable bonds is 21. The Hall–Kier alpha value is -3.59. The molecule has 0 aromatic heterocycles. The Kier molecular flexibility index (Phi) is 19.5. The first-order chi connectivity index (χ1) is 22.2. The summed E-state index contributed by atoms with van der Waals surface area (Å²) < 4.78 is 13.7. The number of allylic oxidation sites excluding steroid dienone is 11. The number of hydrogen-bond acceptors (Lipinski definition) is 2. The van der Waals surface area contributed by atoms with E-state index in [1.165, 1.54) is 22.8 Å². The molecule has 1 rings (SSSR count). The Balaban J connectivity index is 2.76. The summed E-state index contributed by atoms with van der Waals surface area (Å²) in [6.45, 7) is 30.9. The monoisotopic (exact) mass is 639 g/mol. The summed E-state index contributed by atoms with van der Waals surface area (Å²) in [5, 5.41) is 0. The highest BCUT2D eigenvalue weighted by Crippen LogP contribution is 2.26. The largest absolute Gasteiger partial charge is 0.294 e. The number of carbonyl (C=O) groups is 1. The first kappa shape index (κ1) is 41.4. The van der Waals surface area contributed by atoms with Crippen LogP contribution in [-0.2, 0) is 11.2 Å². The molecule has 2 nitrogen and oxygen atoms in total. The van der Waals surface area contributed by atoms with Crippen LogP contribution in [0, 0.1) is 24.7 Å². The zero-order valence-corrected chi connectivity index (χ0v) is 31.0. The molecule has 0 amide bonds. The van der Waals surface area contributed by atoms with Gasteiger partial charge in [-0.1, -0.05) is 113 Å². The standard InChI is InChI=1S/C44H62FNO/c1-13-18-39(22-16-20-34(8)38(12)46-43(32(5)6)28-26-36(10)44(47)29-31(3)4)35(9)21-15-19-33(7)25-27-40-23-17-24-41(37(40)11)30-42(45)14-2/h14-15,17,19,21,23-24,26,28,30-31,34,39H,2,9-10,13,16,18,20,22,25,27,29H2,1,3-8,11-12H3/b21-15-,28-26-,33-19+,42-30+,46-38?. The number of Topliss-reactive ketones (excluding diaryl/α,β-unsaturated/α-hetero) is 1. The molecule has 0 saturated carbocycles. The van der Waals surface area contributed by atoms with Crippen LogP contribution in [-0.4, -0.2) is 11.5 Å². The first-order valence-corrected chi connectivity index (χ1v) is 17.4. The predicted molar refractivity (Wildman–Crippen MR) is 206 cm³/mol. The molecule has 0 aliphatic carbocycles. The topological polar surface area (TPSA) is 29.4 Å². The lowest BCUT2D eigenvalue weighted by molar-refractivity contribution is -0.115. The van der Waals surface area contributed by atoms with E-state index in [0.29, 0.717) is 29.7 Å². The molecule has 2 atom stereocenters. The zero-order chi connectivity index (χ0) is 35.5. The molecule has 256 valence electrons. The molecule has 2 unspecified atom stereocenters. The summed E-state index contributed by atoms with van der Waals surface area (Å²) in [6.07, 6.45) is 21.0. The van der Waals surface area contributed by atoms with Crippen molar-refractivity contribution in [2.45, 2.75) is 114 Å². The highest BCUT2D eigenvalue weighted by molar-refractivity contribution is 5.97. The molecule has 3 heteroatoms. The van der Waals surface area contributed by atoms with Gasteiger partial charge in [-0.3, -0.25) is 9.79 Å². The number of carbonyl (C=O) groups excluding carboxylic acids is 1. The van der Waals surface area contributed by atoms with Crippen molar-refractivity contribution < 1.29 is 9.18 Å². The molecule has 0 aliphatic heterocycles. The Morgan fingerprint density at radius 2 is 1.70 bits per heavy atom. The van der Waals surface area contributed by atoms with E-state index in [0.717, 1.165) is 73.1 Å². The van der Waals surface area contributed by atoms with E-state index in [-0.39, 0.29) is 11.6 Å². The molecule has 0 fully saturated rings. The number of benzene rings is 1. The Morgan fingerprint density at radius 1 is 1.00 bits per heavy atom. The summed E-state index contributed by atoms with van der Waals surface area (Å²) in [4.78, 5) is 17.3. The van der Waals surface area contributed by atoms with Gasteiger partial charge in [0.2, 0.25) is 0 Å². The van der Waals surface area contributed by atoms with Gasteiger partial charge in [0.25, 0.3) is 0 Å². The van der Waals surface area contributed by atoms with Gasteiger partial charge in [-0.2, -0.15) is 0 Å². The van der Waals surface area contributed by atoms with Crippen molar-refractivity contribution in [3.63, 3.8) is 0 Å². The van der Waals surface area contributed by atoms with E-state index >= 15 is 0 Å². The van der Waals surface area contributed by atoms with Crippen LogP contribution < -0.4 is 0 Å². The van der Waals surface area contributed by atoms with E-state index in [9.17, 15) is 9.18 Å². The van der Waals surface area contributed by atoms with Crippen molar-refractivity contribution in [3.8, 4) is 0 Å². The van der Waals surface area contributed by atoms with Gasteiger partial charge in [0.15, 0.2) is 5.78 Å². The predicted octanol–water partition coefficient (Wildman–Crippen LogP) is 13.2. The third-order valence-corrected chi connectivity index (χ3v) is 8.72. The molecular weight excluding hydrogens is 577 g/mol. The van der Waals surface area contributed by atoms with Crippen molar-refractivity contribution in [2.24, 2.45) is 22.7 Å². The quantitative estimate of drug-likeness (QED) is 0.0747. The first-order valence-electron chi connectivity index (χ1n) is 17.4. The summed E-state index contributed by atoms with van der Waals surface area (Å²) in [5.41, 5.74) is 9.42. The van der Waals surface area contributed by atoms with Gasteiger partial charge in [0.05, 0.1) is 5.70 Å². The van der Waals surface area contributed by atoms with Crippen LogP contribution in [0.3, 0.4) is 0 Å². The van der Waals surface area contributed by atoms with Gasteiger partial charge in [0.1, 0.15) is 5.83 Å². The molecule has 0 saturated heterocycles. The molecule has 0 heterocycles. The van der Waals surface area contributed by atoms with Gasteiger partial charge in [-0.15, -0.1) is 0 Å². The average molecular weight is 640 g/mol. The second-order valence-corrected chi connectivity index (χ2v) is 13.6. The molecule has 0 aliphatic rings. The third-order valence-electron chi connectivity index (χ3n) is 8.72. The van der Waals surface area contributed by atoms with Gasteiger partial charge in [-0.05, 0) is 125 Å². The number of hydrogen-bond donors (Lipinski definition) is 0. The Morgan fingerprint density at radius 3 is 2.32 bits per heavy atom. The van der Waals surface area contributed by atoms with Crippen LogP contribution in [0.2, 0.25) is 0 Å². The van der Waals surface area contributed by atoms with E-state index < -0.39 is 0 Å². The highest BCUT2D eigenvalue weighted by atomic mass is 19.1. The summed E-state index contributed by atoms with van der Waals surface area (Å²) >= 11 is 0. The minimum absolute atomic E-state index is 0.0900. The normalized spacial score (nSPS) is 14.1. The molecule has 0 N–H and O–H groups in total. The summed E-state index contributed by atoms with van der Waals surface area (Å²) in [7, 11) is 0. The molecular formula is C44H62FNO. The lowest BCUT2D eigenvalue weighted by Crippen LogP contribution is -2.09. The molecule has 0 spiro atoms. The summed E-state index contributed by atoms with van der Waals surface area (Å²) in [5.74, 6) is 0.921. The van der Waals surface area contributed by atoms with Crippen molar-refractivity contribution in [3.05, 3.63) is 125 Å². The highest BCUT2D eigenvalue weighted by Gasteiger charge is 2.13. The fourth-order valence-electron chi connectivity index (χ4n) is 5.36. The molecule has 0 bridgehead atoms. The van der Waals surface area contributed by atoms with Crippen LogP contribution in [0.15, 0.2) is 113 Å². The lowest BCUT2D eigenvalue weighted by Gasteiger charge is -2.18. The van der Waals surface area contributed by atoms with Crippen LogP contribution in [0.4, 0.5) is 4.39 Å². The molecule has 0 radical (unpaired) electrons. The number of aliphatic imine (C=N–C) groups is 1. The maximum Gasteiger partial charge on any atom is 0.162 e. The van der Waals surface area contributed by atoms with Gasteiger partial charge in [0, 0.05) is 17.7 Å². The van der Waals surface area contributed by atoms with E-state index in [2.05, 4.69) is 92.5 Å². The Labute approximate surface area is 287 Å². The number of aryl methyl sites for hydroxylation is 1. The molecule has 1 aromatic rings. The van der Waals surface area contributed by atoms with Crippen molar-refractivity contribution in [1.82, 2.24) is 0 Å². The zero-order valence-electron chi connectivity index (χ0n) is 31.0. The van der Waals surface area contributed by atoms with E-state index in [4.69, 9.17) is 4.99 Å². The number of ketones is 1. The van der Waals surface area contributed by atoms with Crippen molar-refractivity contribution >= 4 is 17.6 Å². The van der Waals surface area contributed by atoms with Crippen molar-refractivity contribution in [1.29, 1.82) is 0 Å². The summed E-state index contributed by atoms with van der Waals surface area (Å²) in [6, 6.07) is 6.06. The number of halogens is 1. The minimum atomic E-state index is -0.316. The molecule has 47 heavy (non-hydrogen) atoms. The van der Waals surface area contributed by atoms with Crippen molar-refractivity contribution in [2.75, 3.05) is 0 Å². The maximum absolute atomic E-state index is 13.7. The van der Waals surface area contributed by atoms with Crippen LogP contribution in [0.1, 0.15) is 117 Å². The van der Waals surface area contributed by atoms with Gasteiger partial charge < -0.3 is 0 Å². The van der Waals surface area contributed by atoms with Gasteiger partial charge >= 0.3 is 0 Å². The van der Waals surface area contributed by atoms with Crippen LogP contribution in [0.25, 0.3) is 6.08 Å². The van der Waals surface area contributed by atoms with Crippen LogP contribution in [0.5, 0.6) is 0 Å². The average Bonchev–Trinajstić information content (AvgIpc) is 3.01. The fourth-order valence-corrected chi connectivity index (χ4v) is 5.36. The molecule has 1 aromatic carbocycles. The Bertz CT molecular complexity index is 1400.